The number of rotatable bonds is 2. The van der Waals surface area contributed by atoms with Gasteiger partial charge in [0.25, 0.3) is 5.91 Å². The SMILES string of the molecule is Cc1c(C(=O)NCC(C)(C)C)[nH]c(C(F)(F)F)c1C. The first kappa shape index (κ1) is 15.6. The van der Waals surface area contributed by atoms with Crippen LogP contribution in [-0.4, -0.2) is 17.4 Å². The molecule has 2 N–H and O–H groups in total. The van der Waals surface area contributed by atoms with E-state index < -0.39 is 17.8 Å². The lowest BCUT2D eigenvalue weighted by atomic mass is 9.97. The van der Waals surface area contributed by atoms with Gasteiger partial charge in [0.2, 0.25) is 0 Å². The molecular formula is C13H19F3N2O. The summed E-state index contributed by atoms with van der Waals surface area (Å²) in [6.07, 6.45) is -4.47. The van der Waals surface area contributed by atoms with Crippen LogP contribution in [0.2, 0.25) is 0 Å². The number of hydrogen-bond donors (Lipinski definition) is 2. The van der Waals surface area contributed by atoms with Gasteiger partial charge in [0.1, 0.15) is 11.4 Å². The molecule has 0 bridgehead atoms. The summed E-state index contributed by atoms with van der Waals surface area (Å²) in [4.78, 5) is 14.1. The van der Waals surface area contributed by atoms with Crippen molar-refractivity contribution in [1.29, 1.82) is 0 Å². The van der Waals surface area contributed by atoms with Crippen molar-refractivity contribution in [3.05, 3.63) is 22.5 Å². The highest BCUT2D eigenvalue weighted by Gasteiger charge is 2.36. The Morgan fingerprint density at radius 1 is 1.16 bits per heavy atom. The van der Waals surface area contributed by atoms with Crippen LogP contribution in [-0.2, 0) is 6.18 Å². The molecule has 0 saturated heterocycles. The summed E-state index contributed by atoms with van der Waals surface area (Å²) in [5.41, 5.74) is -0.606. The number of carbonyl (C=O) groups is 1. The Hall–Kier alpha value is -1.46. The lowest BCUT2D eigenvalue weighted by Crippen LogP contribution is -2.32. The Morgan fingerprint density at radius 2 is 1.68 bits per heavy atom. The van der Waals surface area contributed by atoms with Crippen molar-refractivity contribution in [3.63, 3.8) is 0 Å². The second kappa shape index (κ2) is 4.90. The molecule has 1 heterocycles. The van der Waals surface area contributed by atoms with Gasteiger partial charge in [0.15, 0.2) is 0 Å². The quantitative estimate of drug-likeness (QED) is 0.854. The summed E-state index contributed by atoms with van der Waals surface area (Å²) in [7, 11) is 0. The molecule has 0 spiro atoms. The van der Waals surface area contributed by atoms with Crippen LogP contribution in [0.4, 0.5) is 13.2 Å². The number of H-pyrrole nitrogens is 1. The first-order valence-corrected chi connectivity index (χ1v) is 5.98. The Kier molecular flexibility index (Phi) is 4.03. The number of nitrogens with one attached hydrogen (secondary N) is 2. The van der Waals surface area contributed by atoms with E-state index in [1.165, 1.54) is 13.8 Å². The Morgan fingerprint density at radius 3 is 2.05 bits per heavy atom. The molecule has 0 atom stereocenters. The van der Waals surface area contributed by atoms with Crippen LogP contribution in [0.5, 0.6) is 0 Å². The average Bonchev–Trinajstić information content (AvgIpc) is 2.51. The molecule has 0 unspecified atom stereocenters. The molecule has 0 saturated carbocycles. The summed E-state index contributed by atoms with van der Waals surface area (Å²) < 4.78 is 38.2. The summed E-state index contributed by atoms with van der Waals surface area (Å²) in [5.74, 6) is -0.508. The molecule has 19 heavy (non-hydrogen) atoms. The number of halogens is 3. The van der Waals surface area contributed by atoms with Gasteiger partial charge in [-0.3, -0.25) is 4.79 Å². The third-order valence-corrected chi connectivity index (χ3v) is 2.85. The van der Waals surface area contributed by atoms with E-state index >= 15 is 0 Å². The van der Waals surface area contributed by atoms with Crippen LogP contribution < -0.4 is 5.32 Å². The van der Waals surface area contributed by atoms with Crippen molar-refractivity contribution < 1.29 is 18.0 Å². The molecule has 0 aliphatic heterocycles. The monoisotopic (exact) mass is 276 g/mol. The fourth-order valence-electron chi connectivity index (χ4n) is 1.63. The Balaban J connectivity index is 3.00. The van der Waals surface area contributed by atoms with Gasteiger partial charge in [0, 0.05) is 6.54 Å². The molecule has 6 heteroatoms. The zero-order chi connectivity index (χ0) is 15.0. The van der Waals surface area contributed by atoms with Gasteiger partial charge in [-0.1, -0.05) is 20.8 Å². The van der Waals surface area contributed by atoms with Crippen LogP contribution in [0.15, 0.2) is 0 Å². The topological polar surface area (TPSA) is 44.9 Å². The molecule has 1 aromatic rings. The van der Waals surface area contributed by atoms with E-state index in [0.29, 0.717) is 12.1 Å². The predicted octanol–water partition coefficient (Wildman–Crippen LogP) is 3.43. The number of carbonyl (C=O) groups excluding carboxylic acids is 1. The minimum atomic E-state index is -4.47. The number of aromatic amines is 1. The van der Waals surface area contributed by atoms with E-state index in [2.05, 4.69) is 10.3 Å². The van der Waals surface area contributed by atoms with Crippen LogP contribution in [0.3, 0.4) is 0 Å². The molecule has 0 aliphatic carbocycles. The summed E-state index contributed by atoms with van der Waals surface area (Å²) in [6, 6.07) is 0. The highest BCUT2D eigenvalue weighted by Crippen LogP contribution is 2.33. The normalized spacial score (nSPS) is 12.6. The highest BCUT2D eigenvalue weighted by molar-refractivity contribution is 5.94. The number of amides is 1. The zero-order valence-corrected chi connectivity index (χ0v) is 11.7. The van der Waals surface area contributed by atoms with Gasteiger partial charge in [-0.25, -0.2) is 0 Å². The van der Waals surface area contributed by atoms with E-state index in [-0.39, 0.29) is 16.7 Å². The van der Waals surface area contributed by atoms with Crippen molar-refractivity contribution in [3.8, 4) is 0 Å². The fraction of sp³-hybridized carbons (Fsp3) is 0.615. The Bertz CT molecular complexity index is 481. The number of aromatic nitrogens is 1. The fourth-order valence-corrected chi connectivity index (χ4v) is 1.63. The number of alkyl halides is 3. The largest absolute Gasteiger partial charge is 0.431 e. The molecule has 1 aromatic heterocycles. The van der Waals surface area contributed by atoms with Gasteiger partial charge < -0.3 is 10.3 Å². The second-order valence-electron chi connectivity index (χ2n) is 5.87. The standard InChI is InChI=1S/C13H19F3N2O/c1-7-8(2)10(13(14,15)16)18-9(7)11(19)17-6-12(3,4)5/h18H,6H2,1-5H3,(H,17,19). The Labute approximate surface area is 110 Å². The van der Waals surface area contributed by atoms with Gasteiger partial charge in [-0.05, 0) is 30.4 Å². The van der Waals surface area contributed by atoms with E-state index in [0.717, 1.165) is 0 Å². The van der Waals surface area contributed by atoms with E-state index in [1.807, 2.05) is 20.8 Å². The maximum atomic E-state index is 12.7. The van der Waals surface area contributed by atoms with Crippen molar-refractivity contribution in [2.45, 2.75) is 40.8 Å². The molecule has 1 amide bonds. The van der Waals surface area contributed by atoms with Crippen molar-refractivity contribution >= 4 is 5.91 Å². The van der Waals surface area contributed by atoms with Gasteiger partial charge in [-0.2, -0.15) is 13.2 Å². The summed E-state index contributed by atoms with van der Waals surface area (Å²) >= 11 is 0. The van der Waals surface area contributed by atoms with Crippen molar-refractivity contribution in [1.82, 2.24) is 10.3 Å². The highest BCUT2D eigenvalue weighted by atomic mass is 19.4. The van der Waals surface area contributed by atoms with E-state index in [9.17, 15) is 18.0 Å². The van der Waals surface area contributed by atoms with E-state index in [4.69, 9.17) is 0 Å². The molecule has 0 radical (unpaired) electrons. The molecule has 3 nitrogen and oxygen atoms in total. The summed E-state index contributed by atoms with van der Waals surface area (Å²) in [5, 5.41) is 2.63. The van der Waals surface area contributed by atoms with Gasteiger partial charge in [0.05, 0.1) is 0 Å². The summed E-state index contributed by atoms with van der Waals surface area (Å²) in [6.45, 7) is 9.05. The molecule has 0 aromatic carbocycles. The molecule has 1 rings (SSSR count). The molecular weight excluding hydrogens is 257 g/mol. The van der Waals surface area contributed by atoms with Gasteiger partial charge in [-0.15, -0.1) is 0 Å². The van der Waals surface area contributed by atoms with Crippen molar-refractivity contribution in [2.75, 3.05) is 6.54 Å². The van der Waals surface area contributed by atoms with Gasteiger partial charge >= 0.3 is 6.18 Å². The third kappa shape index (κ3) is 3.75. The maximum absolute atomic E-state index is 12.7. The van der Waals surface area contributed by atoms with E-state index in [1.54, 1.807) is 0 Å². The van der Waals surface area contributed by atoms with Crippen LogP contribution in [0.1, 0.15) is 48.1 Å². The number of hydrogen-bond acceptors (Lipinski definition) is 1. The predicted molar refractivity (Wildman–Crippen MR) is 67.1 cm³/mol. The second-order valence-corrected chi connectivity index (χ2v) is 5.87. The smallest absolute Gasteiger partial charge is 0.350 e. The molecule has 0 fully saturated rings. The maximum Gasteiger partial charge on any atom is 0.431 e. The van der Waals surface area contributed by atoms with Crippen molar-refractivity contribution in [2.24, 2.45) is 5.41 Å². The minimum absolute atomic E-state index is 0.0194. The molecule has 108 valence electrons. The van der Waals surface area contributed by atoms with Crippen LogP contribution >= 0.6 is 0 Å². The van der Waals surface area contributed by atoms with Crippen LogP contribution in [0.25, 0.3) is 0 Å². The average molecular weight is 276 g/mol. The van der Waals surface area contributed by atoms with Crippen LogP contribution in [0, 0.1) is 19.3 Å². The lowest BCUT2D eigenvalue weighted by molar-refractivity contribution is -0.141. The first-order valence-electron chi connectivity index (χ1n) is 5.98. The first-order chi connectivity index (χ1) is 8.43. The third-order valence-electron chi connectivity index (χ3n) is 2.85. The minimum Gasteiger partial charge on any atom is -0.350 e. The zero-order valence-electron chi connectivity index (χ0n) is 11.7. The lowest BCUT2D eigenvalue weighted by Gasteiger charge is -2.18. The molecule has 0 aliphatic rings.